The van der Waals surface area contributed by atoms with Crippen molar-refractivity contribution in [1.29, 1.82) is 0 Å². The summed E-state index contributed by atoms with van der Waals surface area (Å²) in [6.45, 7) is 7.17. The van der Waals surface area contributed by atoms with Crippen molar-refractivity contribution in [1.82, 2.24) is 15.4 Å². The Kier molecular flexibility index (Phi) is 6.78. The van der Waals surface area contributed by atoms with Gasteiger partial charge in [0.05, 0.1) is 25.2 Å². The zero-order chi connectivity index (χ0) is 19.1. The summed E-state index contributed by atoms with van der Waals surface area (Å²) in [4.78, 5) is 22.8. The molecule has 3 rings (SSSR count). The van der Waals surface area contributed by atoms with Gasteiger partial charge in [0.2, 0.25) is 0 Å². The molecule has 1 aliphatic rings. The highest BCUT2D eigenvalue weighted by atomic mass is 32.2. The summed E-state index contributed by atoms with van der Waals surface area (Å²) in [5.74, 6) is 0.0277. The number of aryl methyl sites for hydroxylation is 2. The predicted octanol–water partition coefficient (Wildman–Crippen LogP) is 2.17. The van der Waals surface area contributed by atoms with Crippen molar-refractivity contribution < 1.29 is 9.53 Å². The van der Waals surface area contributed by atoms with Gasteiger partial charge in [0.25, 0.3) is 5.91 Å². The lowest BCUT2D eigenvalue weighted by Gasteiger charge is -2.28. The molecule has 8 heteroatoms. The molecule has 2 aromatic rings. The Balaban J connectivity index is 1.46. The fourth-order valence-corrected chi connectivity index (χ4v) is 3.43. The van der Waals surface area contributed by atoms with Gasteiger partial charge in [-0.25, -0.2) is 15.4 Å². The summed E-state index contributed by atoms with van der Waals surface area (Å²) < 4.78 is 5.37. The second-order valence-electron chi connectivity index (χ2n) is 6.21. The van der Waals surface area contributed by atoms with Crippen LogP contribution in [0.2, 0.25) is 0 Å². The van der Waals surface area contributed by atoms with Gasteiger partial charge in [-0.3, -0.25) is 4.79 Å². The smallest absolute Gasteiger partial charge is 0.250 e. The van der Waals surface area contributed by atoms with Crippen molar-refractivity contribution in [2.24, 2.45) is 5.10 Å². The van der Waals surface area contributed by atoms with Crippen molar-refractivity contribution in [3.05, 3.63) is 47.3 Å². The third-order valence-electron chi connectivity index (χ3n) is 3.97. The summed E-state index contributed by atoms with van der Waals surface area (Å²) in [5.41, 5.74) is 6.42. The van der Waals surface area contributed by atoms with E-state index in [2.05, 4.69) is 37.5 Å². The average Bonchev–Trinajstić information content (AvgIpc) is 2.67. The molecule has 1 aromatic carbocycles. The van der Waals surface area contributed by atoms with Crippen LogP contribution < -0.4 is 10.3 Å². The zero-order valence-electron chi connectivity index (χ0n) is 15.5. The molecular formula is C19H23N5O2S. The van der Waals surface area contributed by atoms with Crippen LogP contribution in [0.5, 0.6) is 0 Å². The summed E-state index contributed by atoms with van der Waals surface area (Å²) >= 11 is 1.30. The molecule has 0 aliphatic carbocycles. The number of benzene rings is 1. The minimum Gasteiger partial charge on any atom is -0.378 e. The van der Waals surface area contributed by atoms with Crippen LogP contribution in [0.25, 0.3) is 0 Å². The van der Waals surface area contributed by atoms with Gasteiger partial charge in [-0.15, -0.1) is 0 Å². The monoisotopic (exact) mass is 385 g/mol. The van der Waals surface area contributed by atoms with Gasteiger partial charge in [0, 0.05) is 30.2 Å². The number of amides is 1. The fourth-order valence-electron chi connectivity index (χ4n) is 2.69. The van der Waals surface area contributed by atoms with Gasteiger partial charge >= 0.3 is 0 Å². The molecule has 2 heterocycles. The second-order valence-corrected chi connectivity index (χ2v) is 7.15. The highest BCUT2D eigenvalue weighted by molar-refractivity contribution is 7.99. The molecule has 1 fully saturated rings. The Morgan fingerprint density at radius 2 is 1.89 bits per heavy atom. The molecule has 27 heavy (non-hydrogen) atoms. The second kappa shape index (κ2) is 9.48. The largest absolute Gasteiger partial charge is 0.378 e. The highest BCUT2D eigenvalue weighted by Crippen LogP contribution is 2.16. The maximum absolute atomic E-state index is 11.9. The van der Waals surface area contributed by atoms with E-state index >= 15 is 0 Å². The van der Waals surface area contributed by atoms with E-state index in [0.717, 1.165) is 43.3 Å². The number of hydrogen-bond donors (Lipinski definition) is 1. The van der Waals surface area contributed by atoms with E-state index in [1.165, 1.54) is 17.4 Å². The third-order valence-corrected chi connectivity index (χ3v) is 4.81. The number of hydrazone groups is 1. The van der Waals surface area contributed by atoms with Crippen molar-refractivity contribution in [2.45, 2.75) is 19.0 Å². The molecule has 1 aliphatic heterocycles. The SMILES string of the molecule is Cc1cc(C)nc(SCC(=O)NN=Cc2ccc(N3CCOCC3)cc2)n1. The zero-order valence-corrected chi connectivity index (χ0v) is 16.3. The molecule has 142 valence electrons. The molecule has 0 bridgehead atoms. The first-order valence-electron chi connectivity index (χ1n) is 8.80. The van der Waals surface area contributed by atoms with Gasteiger partial charge in [-0.1, -0.05) is 23.9 Å². The topological polar surface area (TPSA) is 79.7 Å². The van der Waals surface area contributed by atoms with E-state index in [1.54, 1.807) is 6.21 Å². The van der Waals surface area contributed by atoms with Gasteiger partial charge < -0.3 is 9.64 Å². The minimum atomic E-state index is -0.191. The number of aromatic nitrogens is 2. The van der Waals surface area contributed by atoms with Crippen LogP contribution in [0, 0.1) is 13.8 Å². The average molecular weight is 385 g/mol. The quantitative estimate of drug-likeness (QED) is 0.355. The molecule has 1 saturated heterocycles. The Labute approximate surface area is 163 Å². The first kappa shape index (κ1) is 19.3. The van der Waals surface area contributed by atoms with Crippen molar-refractivity contribution >= 4 is 29.6 Å². The molecule has 0 atom stereocenters. The Morgan fingerprint density at radius 1 is 1.22 bits per heavy atom. The van der Waals surface area contributed by atoms with Gasteiger partial charge in [-0.05, 0) is 37.6 Å². The molecule has 0 spiro atoms. The summed E-state index contributed by atoms with van der Waals surface area (Å²) in [6, 6.07) is 9.99. The number of nitrogens with zero attached hydrogens (tertiary/aromatic N) is 4. The lowest BCUT2D eigenvalue weighted by molar-refractivity contribution is -0.118. The van der Waals surface area contributed by atoms with Gasteiger partial charge in [0.1, 0.15) is 0 Å². The van der Waals surface area contributed by atoms with E-state index in [4.69, 9.17) is 4.74 Å². The first-order valence-corrected chi connectivity index (χ1v) is 9.78. The first-order chi connectivity index (χ1) is 13.1. The van der Waals surface area contributed by atoms with Crippen molar-refractivity contribution in [2.75, 3.05) is 37.0 Å². The van der Waals surface area contributed by atoms with Crippen LogP contribution in [0.15, 0.2) is 40.6 Å². The number of morpholine rings is 1. The van der Waals surface area contributed by atoms with E-state index in [0.29, 0.717) is 5.16 Å². The molecular weight excluding hydrogens is 362 g/mol. The number of ether oxygens (including phenoxy) is 1. The van der Waals surface area contributed by atoms with Gasteiger partial charge in [-0.2, -0.15) is 5.10 Å². The summed E-state index contributed by atoms with van der Waals surface area (Å²) in [5, 5.41) is 4.62. The molecule has 1 N–H and O–H groups in total. The van der Waals surface area contributed by atoms with E-state index in [-0.39, 0.29) is 11.7 Å². The van der Waals surface area contributed by atoms with E-state index in [9.17, 15) is 4.79 Å². The van der Waals surface area contributed by atoms with Crippen molar-refractivity contribution in [3.63, 3.8) is 0 Å². The molecule has 0 radical (unpaired) electrons. The maximum atomic E-state index is 11.9. The third kappa shape index (κ3) is 6.04. The van der Waals surface area contributed by atoms with Crippen LogP contribution in [0.1, 0.15) is 17.0 Å². The number of nitrogens with one attached hydrogen (secondary N) is 1. The van der Waals surface area contributed by atoms with E-state index < -0.39 is 0 Å². The standard InChI is InChI=1S/C19H23N5O2S/c1-14-11-15(2)22-19(21-14)27-13-18(25)23-20-12-16-3-5-17(6-4-16)24-7-9-26-10-8-24/h3-6,11-12H,7-10,13H2,1-2H3,(H,23,25). The number of anilines is 1. The van der Waals surface area contributed by atoms with Crippen LogP contribution in [0.3, 0.4) is 0 Å². The summed E-state index contributed by atoms with van der Waals surface area (Å²) in [6.07, 6.45) is 1.64. The van der Waals surface area contributed by atoms with Crippen LogP contribution >= 0.6 is 11.8 Å². The van der Waals surface area contributed by atoms with Crippen LogP contribution in [-0.2, 0) is 9.53 Å². The van der Waals surface area contributed by atoms with Crippen molar-refractivity contribution in [3.8, 4) is 0 Å². The Bertz CT molecular complexity index is 784. The number of rotatable bonds is 6. The molecule has 1 amide bonds. The van der Waals surface area contributed by atoms with Crippen LogP contribution in [-0.4, -0.2) is 54.1 Å². The number of thioether (sulfide) groups is 1. The summed E-state index contributed by atoms with van der Waals surface area (Å²) in [7, 11) is 0. The molecule has 1 aromatic heterocycles. The Morgan fingerprint density at radius 3 is 2.56 bits per heavy atom. The lowest BCUT2D eigenvalue weighted by atomic mass is 10.2. The number of hydrogen-bond acceptors (Lipinski definition) is 7. The van der Waals surface area contributed by atoms with Gasteiger partial charge in [0.15, 0.2) is 5.16 Å². The number of carbonyl (C=O) groups is 1. The molecule has 0 saturated carbocycles. The fraction of sp³-hybridized carbons (Fsp3) is 0.368. The number of carbonyl (C=O) groups excluding carboxylic acids is 1. The normalized spacial score (nSPS) is 14.5. The Hall–Kier alpha value is -2.45. The maximum Gasteiger partial charge on any atom is 0.250 e. The highest BCUT2D eigenvalue weighted by Gasteiger charge is 2.10. The molecule has 7 nitrogen and oxygen atoms in total. The minimum absolute atomic E-state index is 0.191. The van der Waals surface area contributed by atoms with Crippen LogP contribution in [0.4, 0.5) is 5.69 Å². The van der Waals surface area contributed by atoms with E-state index in [1.807, 2.05) is 32.0 Å². The molecule has 0 unspecified atom stereocenters. The lowest BCUT2D eigenvalue weighted by Crippen LogP contribution is -2.36. The predicted molar refractivity (Wildman–Crippen MR) is 107 cm³/mol.